The summed E-state index contributed by atoms with van der Waals surface area (Å²) < 4.78 is 33.4. The van der Waals surface area contributed by atoms with E-state index in [1.165, 1.54) is 4.31 Å². The molecule has 2 rings (SSSR count). The van der Waals surface area contributed by atoms with Crippen molar-refractivity contribution in [3.63, 3.8) is 0 Å². The first-order chi connectivity index (χ1) is 9.42. The molecule has 1 aliphatic heterocycles. The molecule has 7 nitrogen and oxygen atoms in total. The molecule has 1 aliphatic carbocycles. The lowest BCUT2D eigenvalue weighted by atomic mass is 9.89. The molecule has 0 radical (unpaired) electrons. The van der Waals surface area contributed by atoms with Crippen LogP contribution in [0.5, 0.6) is 0 Å². The fraction of sp³-hybridized carbons (Fsp3) is 0.917. The first-order valence-electron chi connectivity index (χ1n) is 7.12. The second-order valence-corrected chi connectivity index (χ2v) is 7.18. The Balaban J connectivity index is 1.82. The minimum atomic E-state index is -3.45. The first-order valence-corrected chi connectivity index (χ1v) is 8.56. The van der Waals surface area contributed by atoms with E-state index in [2.05, 4.69) is 4.72 Å². The van der Waals surface area contributed by atoms with Crippen LogP contribution in [-0.4, -0.2) is 50.5 Å². The van der Waals surface area contributed by atoms with Crippen molar-refractivity contribution in [1.29, 1.82) is 0 Å². The number of hydrogen-bond acceptors (Lipinski definition) is 5. The molecule has 0 aromatic rings. The fourth-order valence-corrected chi connectivity index (χ4v) is 4.09. The molecule has 0 atom stereocenters. The highest BCUT2D eigenvalue weighted by molar-refractivity contribution is 7.87. The molecule has 0 amide bonds. The lowest BCUT2D eigenvalue weighted by Crippen LogP contribution is -2.55. The molecule has 116 valence electrons. The highest BCUT2D eigenvalue weighted by Gasteiger charge is 2.35. The van der Waals surface area contributed by atoms with Crippen LogP contribution in [0.25, 0.3) is 0 Å². The third kappa shape index (κ3) is 3.69. The molecular weight excluding hydrogens is 282 g/mol. The molecular formula is C12H23N3O4S. The number of piperidine rings is 1. The highest BCUT2D eigenvalue weighted by atomic mass is 32.2. The Labute approximate surface area is 120 Å². The minimum absolute atomic E-state index is 0.0437. The van der Waals surface area contributed by atoms with Gasteiger partial charge >= 0.3 is 5.97 Å². The van der Waals surface area contributed by atoms with Crippen molar-refractivity contribution in [2.24, 2.45) is 11.7 Å². The van der Waals surface area contributed by atoms with Gasteiger partial charge in [0.2, 0.25) is 0 Å². The zero-order valence-electron chi connectivity index (χ0n) is 11.7. The number of carbonyl (C=O) groups excluding carboxylic acids is 1. The van der Waals surface area contributed by atoms with Gasteiger partial charge in [-0.05, 0) is 32.6 Å². The van der Waals surface area contributed by atoms with E-state index in [1.54, 1.807) is 6.92 Å². The zero-order chi connectivity index (χ0) is 14.8. The Kier molecular flexibility index (Phi) is 5.00. The van der Waals surface area contributed by atoms with Gasteiger partial charge in [0.1, 0.15) is 0 Å². The molecule has 8 heteroatoms. The fourth-order valence-electron chi connectivity index (χ4n) is 2.64. The van der Waals surface area contributed by atoms with Crippen LogP contribution in [0.4, 0.5) is 0 Å². The van der Waals surface area contributed by atoms with Crippen LogP contribution < -0.4 is 10.5 Å². The lowest BCUT2D eigenvalue weighted by molar-refractivity contribution is -0.149. The number of nitrogens with zero attached hydrogens (tertiary/aromatic N) is 1. The topological polar surface area (TPSA) is 102 Å². The molecule has 3 N–H and O–H groups in total. The number of hydrogen-bond donors (Lipinski definition) is 2. The number of esters is 1. The van der Waals surface area contributed by atoms with Crippen LogP contribution in [0, 0.1) is 5.92 Å². The maximum atomic E-state index is 12.2. The summed E-state index contributed by atoms with van der Waals surface area (Å²) in [4.78, 5) is 11.6. The molecule has 2 aliphatic rings. The maximum absolute atomic E-state index is 12.2. The van der Waals surface area contributed by atoms with Crippen molar-refractivity contribution in [2.45, 2.75) is 44.7 Å². The first kappa shape index (κ1) is 15.7. The molecule has 1 saturated heterocycles. The average Bonchev–Trinajstić information content (AvgIpc) is 2.37. The molecule has 0 bridgehead atoms. The van der Waals surface area contributed by atoms with Crippen molar-refractivity contribution >= 4 is 16.2 Å². The average molecular weight is 305 g/mol. The SMILES string of the molecule is CCOC(=O)C1CCN(S(=O)(=O)NC2CC(N)C2)CC1. The second kappa shape index (κ2) is 6.38. The van der Waals surface area contributed by atoms with Gasteiger partial charge in [0, 0.05) is 25.2 Å². The molecule has 1 heterocycles. The quantitative estimate of drug-likeness (QED) is 0.672. The van der Waals surface area contributed by atoms with E-state index < -0.39 is 10.2 Å². The Morgan fingerprint density at radius 1 is 1.35 bits per heavy atom. The number of nitrogens with one attached hydrogen (secondary N) is 1. The largest absolute Gasteiger partial charge is 0.466 e. The van der Waals surface area contributed by atoms with E-state index in [9.17, 15) is 13.2 Å². The molecule has 0 unspecified atom stereocenters. The van der Waals surface area contributed by atoms with Crippen molar-refractivity contribution in [1.82, 2.24) is 9.03 Å². The summed E-state index contributed by atoms with van der Waals surface area (Å²) in [5.74, 6) is -0.402. The summed E-state index contributed by atoms with van der Waals surface area (Å²) in [5, 5.41) is 0. The predicted octanol–water partition coefficient (Wildman–Crippen LogP) is -0.414. The van der Waals surface area contributed by atoms with Crippen molar-refractivity contribution < 1.29 is 17.9 Å². The molecule has 0 aromatic heterocycles. The van der Waals surface area contributed by atoms with Gasteiger partial charge in [-0.3, -0.25) is 4.79 Å². The van der Waals surface area contributed by atoms with Gasteiger partial charge in [-0.2, -0.15) is 17.4 Å². The molecule has 1 saturated carbocycles. The van der Waals surface area contributed by atoms with Gasteiger partial charge in [-0.1, -0.05) is 0 Å². The van der Waals surface area contributed by atoms with Gasteiger partial charge < -0.3 is 10.5 Å². The van der Waals surface area contributed by atoms with Gasteiger partial charge in [-0.15, -0.1) is 0 Å². The van der Waals surface area contributed by atoms with Gasteiger partial charge in [0.15, 0.2) is 0 Å². The van der Waals surface area contributed by atoms with Crippen molar-refractivity contribution in [3.8, 4) is 0 Å². The zero-order valence-corrected chi connectivity index (χ0v) is 12.6. The number of carbonyl (C=O) groups is 1. The van der Waals surface area contributed by atoms with Crippen LogP contribution in [0.15, 0.2) is 0 Å². The Morgan fingerprint density at radius 2 is 1.95 bits per heavy atom. The van der Waals surface area contributed by atoms with Crippen LogP contribution in [0.1, 0.15) is 32.6 Å². The Morgan fingerprint density at radius 3 is 2.45 bits per heavy atom. The van der Waals surface area contributed by atoms with Gasteiger partial charge in [0.05, 0.1) is 12.5 Å². The molecule has 2 fully saturated rings. The lowest BCUT2D eigenvalue weighted by Gasteiger charge is -2.36. The monoisotopic (exact) mass is 305 g/mol. The van der Waals surface area contributed by atoms with Crippen molar-refractivity contribution in [3.05, 3.63) is 0 Å². The van der Waals surface area contributed by atoms with E-state index in [0.717, 1.165) is 0 Å². The number of ether oxygens (including phenoxy) is 1. The number of nitrogens with two attached hydrogens (primary N) is 1. The summed E-state index contributed by atoms with van der Waals surface area (Å²) in [6.45, 7) is 2.85. The third-order valence-corrected chi connectivity index (χ3v) is 5.58. The minimum Gasteiger partial charge on any atom is -0.466 e. The van der Waals surface area contributed by atoms with E-state index in [1.807, 2.05) is 0 Å². The van der Waals surface area contributed by atoms with Gasteiger partial charge in [-0.25, -0.2) is 0 Å². The van der Waals surface area contributed by atoms with E-state index in [4.69, 9.17) is 10.5 Å². The normalized spacial score (nSPS) is 28.9. The number of rotatable bonds is 5. The molecule has 0 aromatic carbocycles. The van der Waals surface area contributed by atoms with E-state index >= 15 is 0 Å². The van der Waals surface area contributed by atoms with E-state index in [0.29, 0.717) is 45.4 Å². The van der Waals surface area contributed by atoms with Crippen LogP contribution in [-0.2, 0) is 19.7 Å². The van der Waals surface area contributed by atoms with E-state index in [-0.39, 0.29) is 24.0 Å². The summed E-state index contributed by atoms with van der Waals surface area (Å²) >= 11 is 0. The molecule has 0 spiro atoms. The highest BCUT2D eigenvalue weighted by Crippen LogP contribution is 2.23. The van der Waals surface area contributed by atoms with Crippen LogP contribution in [0.3, 0.4) is 0 Å². The Bertz CT molecular complexity index is 440. The summed E-state index contributed by atoms with van der Waals surface area (Å²) in [7, 11) is -3.45. The predicted molar refractivity (Wildman–Crippen MR) is 74.0 cm³/mol. The standard InChI is InChI=1S/C12H23N3O4S/c1-2-19-12(16)9-3-5-15(6-4-9)20(17,18)14-11-7-10(13)8-11/h9-11,14H,2-8,13H2,1H3. The van der Waals surface area contributed by atoms with Crippen molar-refractivity contribution in [2.75, 3.05) is 19.7 Å². The Hall–Kier alpha value is -0.700. The van der Waals surface area contributed by atoms with Gasteiger partial charge in [0.25, 0.3) is 10.2 Å². The smallest absolute Gasteiger partial charge is 0.309 e. The third-order valence-electron chi connectivity index (χ3n) is 3.90. The van der Waals surface area contributed by atoms with Crippen LogP contribution in [0.2, 0.25) is 0 Å². The second-order valence-electron chi connectivity index (χ2n) is 5.48. The van der Waals surface area contributed by atoms with Crippen LogP contribution >= 0.6 is 0 Å². The summed E-state index contributed by atoms with van der Waals surface area (Å²) in [5.41, 5.74) is 5.65. The molecule has 20 heavy (non-hydrogen) atoms. The summed E-state index contributed by atoms with van der Waals surface area (Å²) in [6, 6.07) is 0.0648. The maximum Gasteiger partial charge on any atom is 0.309 e. The summed E-state index contributed by atoms with van der Waals surface area (Å²) in [6.07, 6.45) is 2.42.